The lowest BCUT2D eigenvalue weighted by Gasteiger charge is -2.41. The van der Waals surface area contributed by atoms with Gasteiger partial charge in [0.15, 0.2) is 0 Å². The number of hydrogen-bond donors (Lipinski definition) is 8. The fourth-order valence-electron chi connectivity index (χ4n) is 9.97. The average molecular weight is 1030 g/mol. The summed E-state index contributed by atoms with van der Waals surface area (Å²) in [4.78, 5) is 23.5. The standard InChI is InChI=1S/C58H114NO11P/c1-3-5-7-9-11-13-15-17-18-19-20-21-22-23-24-25-26-27-28-29-30-31-32-33-34-36-38-40-42-44-46-48-52(61)59-50(51(60)47-45-43-41-39-37-35-16-14-12-10-8-6-4-2)49-69-71(67,68)70-58-56(65)54(63)53(62)55(64)57(58)66/h45,47,50-51,53-58,60,62-66H,3-44,46,48-49H2,1-2H3,(H,59,61)(H,67,68)/b47-45+/t50-,51+,53?,54+,55?,56?,57?,58?/m0/s1. The molecular formula is C58H114NO11P. The molecule has 1 fully saturated rings. The molecule has 0 saturated heterocycles. The van der Waals surface area contributed by atoms with Crippen LogP contribution >= 0.6 is 7.82 Å². The zero-order valence-corrected chi connectivity index (χ0v) is 46.7. The van der Waals surface area contributed by atoms with Crippen LogP contribution in [0.2, 0.25) is 0 Å². The van der Waals surface area contributed by atoms with E-state index in [1.165, 1.54) is 225 Å². The summed E-state index contributed by atoms with van der Waals surface area (Å²) in [6.45, 7) is 3.88. The van der Waals surface area contributed by atoms with Crippen molar-refractivity contribution in [2.24, 2.45) is 0 Å². The van der Waals surface area contributed by atoms with Gasteiger partial charge in [0.25, 0.3) is 0 Å². The second-order valence-corrected chi connectivity index (χ2v) is 23.0. The van der Waals surface area contributed by atoms with Crippen molar-refractivity contribution < 1.29 is 53.9 Å². The Kier molecular flexibility index (Phi) is 45.6. The normalized spacial score (nSPS) is 21.2. The maximum absolute atomic E-state index is 13.0. The van der Waals surface area contributed by atoms with Crippen molar-refractivity contribution in [2.75, 3.05) is 6.61 Å². The summed E-state index contributed by atoms with van der Waals surface area (Å²) < 4.78 is 23.0. The maximum Gasteiger partial charge on any atom is 0.472 e. The summed E-state index contributed by atoms with van der Waals surface area (Å²) >= 11 is 0. The predicted molar refractivity (Wildman–Crippen MR) is 292 cm³/mol. The first-order chi connectivity index (χ1) is 34.4. The molecule has 1 aliphatic rings. The summed E-state index contributed by atoms with van der Waals surface area (Å²) in [5, 5.41) is 64.2. The van der Waals surface area contributed by atoms with Gasteiger partial charge in [0.05, 0.1) is 18.8 Å². The molecule has 6 unspecified atom stereocenters. The third-order valence-electron chi connectivity index (χ3n) is 14.8. The Balaban J connectivity index is 2.21. The van der Waals surface area contributed by atoms with Crippen LogP contribution in [0.5, 0.6) is 0 Å². The summed E-state index contributed by atoms with van der Waals surface area (Å²) in [6.07, 6.45) is 46.0. The number of allylic oxidation sites excluding steroid dienone is 1. The van der Waals surface area contributed by atoms with Gasteiger partial charge >= 0.3 is 7.82 Å². The Morgan fingerprint density at radius 2 is 0.746 bits per heavy atom. The maximum atomic E-state index is 13.0. The molecule has 0 radical (unpaired) electrons. The first kappa shape index (κ1) is 68.1. The van der Waals surface area contributed by atoms with Gasteiger partial charge in [-0.15, -0.1) is 0 Å². The average Bonchev–Trinajstić information content (AvgIpc) is 3.35. The molecule has 422 valence electrons. The molecule has 9 atom stereocenters. The van der Waals surface area contributed by atoms with Crippen molar-refractivity contribution in [2.45, 2.75) is 345 Å². The second kappa shape index (κ2) is 47.5. The van der Waals surface area contributed by atoms with E-state index in [0.29, 0.717) is 6.42 Å². The molecular weight excluding hydrogens is 918 g/mol. The topological polar surface area (TPSA) is 206 Å². The van der Waals surface area contributed by atoms with Crippen molar-refractivity contribution in [1.29, 1.82) is 0 Å². The van der Waals surface area contributed by atoms with Crippen LogP contribution in [0.3, 0.4) is 0 Å². The minimum absolute atomic E-state index is 0.219. The monoisotopic (exact) mass is 1030 g/mol. The van der Waals surface area contributed by atoms with Gasteiger partial charge in [0.2, 0.25) is 5.91 Å². The molecule has 0 aromatic carbocycles. The molecule has 1 amide bonds. The number of phosphoric acid groups is 1. The van der Waals surface area contributed by atoms with Crippen molar-refractivity contribution in [3.8, 4) is 0 Å². The summed E-state index contributed by atoms with van der Waals surface area (Å²) in [5.74, 6) is -0.334. The van der Waals surface area contributed by atoms with Crippen LogP contribution in [-0.2, 0) is 18.4 Å². The fraction of sp³-hybridized carbons (Fsp3) is 0.948. The van der Waals surface area contributed by atoms with E-state index in [1.54, 1.807) is 6.08 Å². The quantitative estimate of drug-likeness (QED) is 0.0163. The first-order valence-corrected chi connectivity index (χ1v) is 31.6. The van der Waals surface area contributed by atoms with Crippen LogP contribution in [0.4, 0.5) is 0 Å². The minimum Gasteiger partial charge on any atom is -0.387 e. The van der Waals surface area contributed by atoms with E-state index >= 15 is 0 Å². The first-order valence-electron chi connectivity index (χ1n) is 30.1. The molecule has 1 aliphatic carbocycles. The Hall–Kier alpha value is -0.920. The molecule has 13 heteroatoms. The highest BCUT2D eigenvalue weighted by Gasteiger charge is 2.51. The summed E-state index contributed by atoms with van der Waals surface area (Å²) in [6, 6.07) is -1.11. The van der Waals surface area contributed by atoms with Gasteiger partial charge in [0, 0.05) is 6.42 Å². The molecule has 12 nitrogen and oxygen atoms in total. The molecule has 0 heterocycles. The largest absolute Gasteiger partial charge is 0.472 e. The molecule has 0 aliphatic heterocycles. The SMILES string of the molecule is CCCCCCCCCCCCC/C=C/[C@@H](O)[C@H](COP(=O)(O)OC1C(O)C(O)C(O)[C@@H](O)C1O)NC(=O)CCCCCCCCCCCCCCCCCCCCCCCCCCCCCCCCC. The van der Waals surface area contributed by atoms with Gasteiger partial charge in [-0.25, -0.2) is 4.57 Å². The van der Waals surface area contributed by atoms with Crippen molar-refractivity contribution >= 4 is 13.7 Å². The molecule has 0 bridgehead atoms. The van der Waals surface area contributed by atoms with Crippen LogP contribution in [0, 0.1) is 0 Å². The van der Waals surface area contributed by atoms with Gasteiger partial charge in [-0.05, 0) is 19.3 Å². The lowest BCUT2D eigenvalue weighted by molar-refractivity contribution is -0.220. The van der Waals surface area contributed by atoms with Gasteiger partial charge in [-0.3, -0.25) is 13.8 Å². The Labute approximate surface area is 435 Å². The molecule has 8 N–H and O–H groups in total. The third kappa shape index (κ3) is 38.3. The number of aliphatic hydroxyl groups is 6. The van der Waals surface area contributed by atoms with Crippen LogP contribution in [0.15, 0.2) is 12.2 Å². The molecule has 0 spiro atoms. The number of amides is 1. The number of carbonyl (C=O) groups is 1. The van der Waals surface area contributed by atoms with Gasteiger partial charge in [-0.2, -0.15) is 0 Å². The Morgan fingerprint density at radius 1 is 0.465 bits per heavy atom. The van der Waals surface area contributed by atoms with E-state index in [2.05, 4.69) is 19.2 Å². The van der Waals surface area contributed by atoms with E-state index in [9.17, 15) is 44.9 Å². The van der Waals surface area contributed by atoms with Crippen molar-refractivity contribution in [3.63, 3.8) is 0 Å². The lowest BCUT2D eigenvalue weighted by Crippen LogP contribution is -2.64. The van der Waals surface area contributed by atoms with Crippen molar-refractivity contribution in [3.05, 3.63) is 12.2 Å². The second-order valence-electron chi connectivity index (χ2n) is 21.6. The van der Waals surface area contributed by atoms with Crippen LogP contribution in [0.1, 0.15) is 296 Å². The molecule has 1 saturated carbocycles. The van der Waals surface area contributed by atoms with E-state index < -0.39 is 63.2 Å². The highest BCUT2D eigenvalue weighted by atomic mass is 31.2. The summed E-state index contributed by atoms with van der Waals surface area (Å²) in [5.41, 5.74) is 0. The van der Waals surface area contributed by atoms with Crippen LogP contribution < -0.4 is 5.32 Å². The number of phosphoric ester groups is 1. The number of rotatable bonds is 52. The Morgan fingerprint density at radius 3 is 1.07 bits per heavy atom. The number of hydrogen-bond acceptors (Lipinski definition) is 10. The van der Waals surface area contributed by atoms with Crippen LogP contribution in [-0.4, -0.2) is 96.8 Å². The number of carbonyl (C=O) groups excluding carboxylic acids is 1. The smallest absolute Gasteiger partial charge is 0.387 e. The Bertz CT molecular complexity index is 1250. The molecule has 0 aromatic heterocycles. The van der Waals surface area contributed by atoms with Crippen LogP contribution in [0.25, 0.3) is 0 Å². The number of nitrogens with one attached hydrogen (secondary N) is 1. The highest BCUT2D eigenvalue weighted by Crippen LogP contribution is 2.47. The lowest BCUT2D eigenvalue weighted by atomic mass is 9.85. The van der Waals surface area contributed by atoms with Gasteiger partial charge in [-0.1, -0.05) is 283 Å². The predicted octanol–water partition coefficient (Wildman–Crippen LogP) is 13.9. The van der Waals surface area contributed by atoms with Gasteiger partial charge < -0.3 is 40.8 Å². The van der Waals surface area contributed by atoms with E-state index in [0.717, 1.165) is 44.9 Å². The molecule has 71 heavy (non-hydrogen) atoms. The van der Waals surface area contributed by atoms with Gasteiger partial charge in [0.1, 0.15) is 36.6 Å². The minimum atomic E-state index is -5.08. The molecule has 1 rings (SSSR count). The van der Waals surface area contributed by atoms with Crippen molar-refractivity contribution in [1.82, 2.24) is 5.32 Å². The van der Waals surface area contributed by atoms with E-state index in [-0.39, 0.29) is 12.3 Å². The fourth-order valence-corrected chi connectivity index (χ4v) is 10.9. The number of unbranched alkanes of at least 4 members (excludes halogenated alkanes) is 41. The highest BCUT2D eigenvalue weighted by molar-refractivity contribution is 7.47. The zero-order valence-electron chi connectivity index (χ0n) is 45.8. The molecule has 0 aromatic rings. The number of aliphatic hydroxyl groups excluding tert-OH is 6. The van der Waals surface area contributed by atoms with E-state index in [1.807, 2.05) is 6.08 Å². The third-order valence-corrected chi connectivity index (χ3v) is 15.8. The zero-order chi connectivity index (χ0) is 52.1. The summed E-state index contributed by atoms with van der Waals surface area (Å²) in [7, 11) is -5.08. The van der Waals surface area contributed by atoms with E-state index in [4.69, 9.17) is 9.05 Å².